The van der Waals surface area contributed by atoms with E-state index in [0.29, 0.717) is 18.8 Å². The van der Waals surface area contributed by atoms with Crippen molar-refractivity contribution in [2.75, 3.05) is 18.9 Å². The molecule has 2 rings (SSSR count). The molecular weight excluding hydrogens is 272 g/mol. The third-order valence-corrected chi connectivity index (χ3v) is 3.53. The summed E-state index contributed by atoms with van der Waals surface area (Å²) < 4.78 is 0. The Morgan fingerprint density at radius 3 is 3.00 bits per heavy atom. The van der Waals surface area contributed by atoms with Crippen LogP contribution in [0.3, 0.4) is 0 Å². The molecule has 2 aromatic heterocycles. The molecule has 7 heteroatoms. The van der Waals surface area contributed by atoms with Gasteiger partial charge in [-0.15, -0.1) is 11.3 Å². The predicted molar refractivity (Wildman–Crippen MR) is 74.3 cm³/mol. The van der Waals surface area contributed by atoms with E-state index in [2.05, 4.69) is 20.6 Å². The molecule has 0 aliphatic heterocycles. The van der Waals surface area contributed by atoms with Crippen LogP contribution < -0.4 is 10.6 Å². The zero-order chi connectivity index (χ0) is 13.1. The molecule has 0 aliphatic rings. The Morgan fingerprint density at radius 1 is 1.50 bits per heavy atom. The minimum absolute atomic E-state index is 0.0135. The van der Waals surface area contributed by atoms with Gasteiger partial charge in [-0.1, -0.05) is 0 Å². The highest BCUT2D eigenvalue weighted by Crippen LogP contribution is 2.29. The average Bonchev–Trinajstić information content (AvgIpc) is 2.69. The van der Waals surface area contributed by atoms with E-state index >= 15 is 0 Å². The zero-order valence-electron chi connectivity index (χ0n) is 10.1. The Morgan fingerprint density at radius 2 is 2.28 bits per heavy atom. The number of hydrogen-bond donors (Lipinski definition) is 2. The van der Waals surface area contributed by atoms with E-state index in [4.69, 9.17) is 11.6 Å². The molecule has 0 radical (unpaired) electrons. The number of aromatic nitrogens is 2. The third-order valence-electron chi connectivity index (χ3n) is 2.41. The molecule has 0 saturated carbocycles. The lowest BCUT2D eigenvalue weighted by molar-refractivity contribution is -0.120. The molecule has 0 aromatic carbocycles. The summed E-state index contributed by atoms with van der Waals surface area (Å²) >= 11 is 7.44. The van der Waals surface area contributed by atoms with Gasteiger partial charge in [0.1, 0.15) is 10.6 Å². The maximum Gasteiger partial charge on any atom is 0.225 e. The molecule has 0 bridgehead atoms. The number of nitrogens with zero attached hydrogens (tertiary/aromatic N) is 2. The Kier molecular flexibility index (Phi) is 3.98. The van der Waals surface area contributed by atoms with Crippen LogP contribution in [0.2, 0.25) is 5.28 Å². The number of carbonyl (C=O) groups excluding carboxylic acids is 1. The first-order chi connectivity index (χ1) is 8.60. The van der Waals surface area contributed by atoms with Gasteiger partial charge in [-0.25, -0.2) is 9.97 Å². The normalized spacial score (nSPS) is 10.6. The van der Waals surface area contributed by atoms with Gasteiger partial charge < -0.3 is 10.6 Å². The van der Waals surface area contributed by atoms with E-state index in [0.717, 1.165) is 15.1 Å². The molecule has 2 N–H and O–H groups in total. The van der Waals surface area contributed by atoms with Crippen LogP contribution in [0.15, 0.2) is 6.07 Å². The molecule has 0 unspecified atom stereocenters. The van der Waals surface area contributed by atoms with Crippen molar-refractivity contribution in [2.24, 2.45) is 0 Å². The minimum atomic E-state index is -0.0135. The van der Waals surface area contributed by atoms with Crippen molar-refractivity contribution in [1.29, 1.82) is 0 Å². The maximum atomic E-state index is 11.1. The lowest BCUT2D eigenvalue weighted by atomic mass is 10.3. The molecule has 2 aromatic rings. The monoisotopic (exact) mass is 284 g/mol. The van der Waals surface area contributed by atoms with E-state index in [1.807, 2.05) is 13.0 Å². The van der Waals surface area contributed by atoms with Crippen LogP contribution in [0.4, 0.5) is 5.82 Å². The first-order valence-corrected chi connectivity index (χ1v) is 6.67. The Balaban J connectivity index is 2.19. The quantitative estimate of drug-likeness (QED) is 0.845. The van der Waals surface area contributed by atoms with Gasteiger partial charge in [0.25, 0.3) is 0 Å². The fourth-order valence-electron chi connectivity index (χ4n) is 1.57. The second-order valence-electron chi connectivity index (χ2n) is 3.77. The van der Waals surface area contributed by atoms with Gasteiger partial charge in [-0.3, -0.25) is 4.79 Å². The lowest BCUT2D eigenvalue weighted by Gasteiger charge is -2.06. The number of rotatable bonds is 4. The van der Waals surface area contributed by atoms with Crippen molar-refractivity contribution in [3.63, 3.8) is 0 Å². The first-order valence-electron chi connectivity index (χ1n) is 5.48. The number of carbonyl (C=O) groups is 1. The summed E-state index contributed by atoms with van der Waals surface area (Å²) in [5, 5.41) is 6.84. The number of thiophene rings is 1. The third kappa shape index (κ3) is 2.88. The van der Waals surface area contributed by atoms with Crippen LogP contribution >= 0.6 is 22.9 Å². The maximum absolute atomic E-state index is 11.1. The largest absolute Gasteiger partial charge is 0.369 e. The fraction of sp³-hybridized carbons (Fsp3) is 0.364. The smallest absolute Gasteiger partial charge is 0.225 e. The van der Waals surface area contributed by atoms with Crippen molar-refractivity contribution in [3.05, 3.63) is 16.2 Å². The molecule has 1 amide bonds. The summed E-state index contributed by atoms with van der Waals surface area (Å²) in [4.78, 5) is 21.5. The van der Waals surface area contributed by atoms with E-state index in [9.17, 15) is 4.79 Å². The molecule has 5 nitrogen and oxygen atoms in total. The Bertz CT molecular complexity index is 584. The second-order valence-corrected chi connectivity index (χ2v) is 5.34. The summed E-state index contributed by atoms with van der Waals surface area (Å²) in [7, 11) is 1.62. The summed E-state index contributed by atoms with van der Waals surface area (Å²) in [6.45, 7) is 2.52. The molecule has 0 aliphatic carbocycles. The summed E-state index contributed by atoms with van der Waals surface area (Å²) in [5.41, 5.74) is 0. The van der Waals surface area contributed by atoms with Gasteiger partial charge in [-0.05, 0) is 24.6 Å². The molecular formula is C11H13ClN4OS. The number of aryl methyl sites for hydroxylation is 1. The molecule has 96 valence electrons. The number of halogens is 1. The number of fused-ring (bicyclic) bond motifs is 1. The summed E-state index contributed by atoms with van der Waals surface area (Å²) in [5.74, 6) is 0.665. The van der Waals surface area contributed by atoms with Crippen molar-refractivity contribution >= 4 is 44.9 Å². The van der Waals surface area contributed by atoms with E-state index in [1.165, 1.54) is 0 Å². The fourth-order valence-corrected chi connectivity index (χ4v) is 2.67. The second kappa shape index (κ2) is 5.49. The Hall–Kier alpha value is -1.40. The van der Waals surface area contributed by atoms with E-state index in [1.54, 1.807) is 18.4 Å². The van der Waals surface area contributed by atoms with Crippen LogP contribution in [0, 0.1) is 6.92 Å². The minimum Gasteiger partial charge on any atom is -0.369 e. The van der Waals surface area contributed by atoms with E-state index < -0.39 is 0 Å². The summed E-state index contributed by atoms with van der Waals surface area (Å²) in [6.07, 6.45) is 0.392. The number of amides is 1. The van der Waals surface area contributed by atoms with Crippen LogP contribution in [-0.4, -0.2) is 29.5 Å². The van der Waals surface area contributed by atoms with Crippen LogP contribution in [0.25, 0.3) is 10.2 Å². The zero-order valence-corrected chi connectivity index (χ0v) is 11.7. The molecule has 0 fully saturated rings. The summed E-state index contributed by atoms with van der Waals surface area (Å²) in [6, 6.07) is 2.01. The first kappa shape index (κ1) is 13.0. The van der Waals surface area contributed by atoms with Gasteiger partial charge >= 0.3 is 0 Å². The van der Waals surface area contributed by atoms with Crippen molar-refractivity contribution in [3.8, 4) is 0 Å². The van der Waals surface area contributed by atoms with Crippen molar-refractivity contribution < 1.29 is 4.79 Å². The highest BCUT2D eigenvalue weighted by molar-refractivity contribution is 7.18. The van der Waals surface area contributed by atoms with Crippen LogP contribution in [0.1, 0.15) is 11.3 Å². The Labute approximate surface area is 114 Å². The molecule has 0 spiro atoms. The topological polar surface area (TPSA) is 66.9 Å². The number of hydrogen-bond acceptors (Lipinski definition) is 5. The molecule has 2 heterocycles. The van der Waals surface area contributed by atoms with Gasteiger partial charge in [0.05, 0.1) is 5.39 Å². The van der Waals surface area contributed by atoms with Gasteiger partial charge in [-0.2, -0.15) is 0 Å². The number of nitrogens with one attached hydrogen (secondary N) is 2. The van der Waals surface area contributed by atoms with E-state index in [-0.39, 0.29) is 11.2 Å². The predicted octanol–water partition coefficient (Wildman–Crippen LogP) is 2.20. The molecule has 0 atom stereocenters. The van der Waals surface area contributed by atoms with Crippen LogP contribution in [-0.2, 0) is 4.79 Å². The average molecular weight is 285 g/mol. The van der Waals surface area contributed by atoms with Crippen molar-refractivity contribution in [2.45, 2.75) is 13.3 Å². The molecule has 0 saturated heterocycles. The SMILES string of the molecule is CNC(=O)CCNc1nc(Cl)nc2sc(C)cc12. The molecule has 18 heavy (non-hydrogen) atoms. The standard InChI is InChI=1S/C11H13ClN4OS/c1-6-5-7-9(14-4-3-8(17)13-2)15-11(12)16-10(7)18-6/h5H,3-4H2,1-2H3,(H,13,17)(H,14,15,16). The van der Waals surface area contributed by atoms with Crippen LogP contribution in [0.5, 0.6) is 0 Å². The highest BCUT2D eigenvalue weighted by Gasteiger charge is 2.09. The number of anilines is 1. The van der Waals surface area contributed by atoms with Gasteiger partial charge in [0, 0.05) is 24.9 Å². The van der Waals surface area contributed by atoms with Gasteiger partial charge in [0.2, 0.25) is 11.2 Å². The highest BCUT2D eigenvalue weighted by atomic mass is 35.5. The lowest BCUT2D eigenvalue weighted by Crippen LogP contribution is -2.21. The van der Waals surface area contributed by atoms with Crippen molar-refractivity contribution in [1.82, 2.24) is 15.3 Å². The van der Waals surface area contributed by atoms with Gasteiger partial charge in [0.15, 0.2) is 0 Å².